The molecule has 3 rings (SSSR count). The molecular formula is C16H16N4O. The van der Waals surface area contributed by atoms with Gasteiger partial charge in [0.2, 0.25) is 0 Å². The molecule has 0 radical (unpaired) electrons. The molecule has 2 heterocycles. The molecule has 0 atom stereocenters. The summed E-state index contributed by atoms with van der Waals surface area (Å²) in [7, 11) is 0. The number of anilines is 1. The number of benzene rings is 1. The van der Waals surface area contributed by atoms with Crippen LogP contribution in [0.5, 0.6) is 0 Å². The van der Waals surface area contributed by atoms with Gasteiger partial charge in [-0.2, -0.15) is 0 Å². The maximum atomic E-state index is 9.35. The van der Waals surface area contributed by atoms with E-state index in [-0.39, 0.29) is 6.61 Å². The summed E-state index contributed by atoms with van der Waals surface area (Å²) in [5.74, 6) is 0.797. The van der Waals surface area contributed by atoms with Gasteiger partial charge in [-0.25, -0.2) is 15.0 Å². The van der Waals surface area contributed by atoms with Crippen LogP contribution in [0.2, 0.25) is 0 Å². The summed E-state index contributed by atoms with van der Waals surface area (Å²) in [6, 6.07) is 13.9. The summed E-state index contributed by atoms with van der Waals surface area (Å²) >= 11 is 0. The standard InChI is InChI=1S/C16H16N4O/c21-10-9-20(11-13-5-2-1-3-6-13)16-14-7-4-8-17-15(14)18-12-19-16/h1-8,12,21H,9-11H2. The number of aromatic nitrogens is 3. The van der Waals surface area contributed by atoms with E-state index in [1.54, 1.807) is 6.20 Å². The number of pyridine rings is 1. The Balaban J connectivity index is 1.99. The average Bonchev–Trinajstić information content (AvgIpc) is 2.55. The van der Waals surface area contributed by atoms with Gasteiger partial charge in [0.05, 0.1) is 12.0 Å². The highest BCUT2D eigenvalue weighted by atomic mass is 16.3. The molecule has 0 unspecified atom stereocenters. The maximum absolute atomic E-state index is 9.35. The first-order valence-electron chi connectivity index (χ1n) is 6.84. The largest absolute Gasteiger partial charge is 0.395 e. The van der Waals surface area contributed by atoms with Crippen LogP contribution in [0, 0.1) is 0 Å². The van der Waals surface area contributed by atoms with E-state index in [9.17, 15) is 5.11 Å². The first-order valence-corrected chi connectivity index (χ1v) is 6.84. The van der Waals surface area contributed by atoms with Crippen molar-refractivity contribution in [3.63, 3.8) is 0 Å². The second kappa shape index (κ2) is 6.28. The van der Waals surface area contributed by atoms with Crippen molar-refractivity contribution >= 4 is 16.9 Å². The van der Waals surface area contributed by atoms with Gasteiger partial charge in [0, 0.05) is 19.3 Å². The van der Waals surface area contributed by atoms with E-state index in [0.29, 0.717) is 18.7 Å². The van der Waals surface area contributed by atoms with Crippen LogP contribution >= 0.6 is 0 Å². The first-order chi connectivity index (χ1) is 10.4. The van der Waals surface area contributed by atoms with Gasteiger partial charge in [-0.15, -0.1) is 0 Å². The zero-order valence-electron chi connectivity index (χ0n) is 11.6. The monoisotopic (exact) mass is 280 g/mol. The van der Waals surface area contributed by atoms with Crippen LogP contribution < -0.4 is 4.90 Å². The van der Waals surface area contributed by atoms with Crippen molar-refractivity contribution in [3.05, 3.63) is 60.6 Å². The van der Waals surface area contributed by atoms with E-state index in [2.05, 4.69) is 27.1 Å². The predicted octanol–water partition coefficient (Wildman–Crippen LogP) is 2.02. The van der Waals surface area contributed by atoms with E-state index < -0.39 is 0 Å². The number of nitrogens with zero attached hydrogens (tertiary/aromatic N) is 4. The summed E-state index contributed by atoms with van der Waals surface area (Å²) in [4.78, 5) is 14.9. The molecule has 0 saturated carbocycles. The molecule has 0 amide bonds. The molecule has 0 fully saturated rings. The molecule has 1 aromatic carbocycles. The Labute approximate surface area is 122 Å². The summed E-state index contributed by atoms with van der Waals surface area (Å²) in [5.41, 5.74) is 1.83. The SMILES string of the molecule is OCCN(Cc1ccccc1)c1ncnc2ncccc12. The average molecular weight is 280 g/mol. The Morgan fingerprint density at radius 2 is 1.81 bits per heavy atom. The van der Waals surface area contributed by atoms with Crippen molar-refractivity contribution < 1.29 is 5.11 Å². The third-order valence-electron chi connectivity index (χ3n) is 3.27. The topological polar surface area (TPSA) is 62.1 Å². The van der Waals surface area contributed by atoms with Gasteiger partial charge >= 0.3 is 0 Å². The Morgan fingerprint density at radius 1 is 0.952 bits per heavy atom. The number of hydrogen-bond acceptors (Lipinski definition) is 5. The summed E-state index contributed by atoms with van der Waals surface area (Å²) in [6.45, 7) is 1.26. The molecule has 21 heavy (non-hydrogen) atoms. The van der Waals surface area contributed by atoms with Crippen molar-refractivity contribution in [3.8, 4) is 0 Å². The molecule has 5 nitrogen and oxygen atoms in total. The smallest absolute Gasteiger partial charge is 0.164 e. The number of rotatable bonds is 5. The minimum absolute atomic E-state index is 0.0680. The molecule has 0 aliphatic rings. The third kappa shape index (κ3) is 2.98. The Kier molecular flexibility index (Phi) is 4.02. The van der Waals surface area contributed by atoms with Gasteiger partial charge in [-0.1, -0.05) is 30.3 Å². The van der Waals surface area contributed by atoms with E-state index >= 15 is 0 Å². The first kappa shape index (κ1) is 13.5. The van der Waals surface area contributed by atoms with E-state index in [1.807, 2.05) is 35.2 Å². The maximum Gasteiger partial charge on any atom is 0.164 e. The Morgan fingerprint density at radius 3 is 2.62 bits per heavy atom. The van der Waals surface area contributed by atoms with Gasteiger partial charge in [-0.3, -0.25) is 0 Å². The second-order valence-corrected chi connectivity index (χ2v) is 4.70. The molecule has 106 valence electrons. The lowest BCUT2D eigenvalue weighted by Gasteiger charge is -2.23. The summed E-state index contributed by atoms with van der Waals surface area (Å²) in [6.07, 6.45) is 3.23. The van der Waals surface area contributed by atoms with Gasteiger partial charge in [0.15, 0.2) is 5.65 Å². The molecule has 0 aliphatic heterocycles. The van der Waals surface area contributed by atoms with Crippen LogP contribution in [0.4, 0.5) is 5.82 Å². The minimum atomic E-state index is 0.0680. The van der Waals surface area contributed by atoms with Gasteiger partial charge in [-0.05, 0) is 17.7 Å². The summed E-state index contributed by atoms with van der Waals surface area (Å²) in [5, 5.41) is 10.2. The number of hydrogen-bond donors (Lipinski definition) is 1. The lowest BCUT2D eigenvalue weighted by molar-refractivity contribution is 0.301. The van der Waals surface area contributed by atoms with E-state index in [4.69, 9.17) is 0 Å². The van der Waals surface area contributed by atoms with Gasteiger partial charge < -0.3 is 10.0 Å². The molecule has 5 heteroatoms. The fraction of sp³-hybridized carbons (Fsp3) is 0.188. The highest BCUT2D eigenvalue weighted by Crippen LogP contribution is 2.22. The molecule has 2 aromatic heterocycles. The lowest BCUT2D eigenvalue weighted by atomic mass is 10.2. The number of fused-ring (bicyclic) bond motifs is 1. The van der Waals surface area contributed by atoms with Crippen LogP contribution in [0.1, 0.15) is 5.56 Å². The predicted molar refractivity (Wildman–Crippen MR) is 81.9 cm³/mol. The van der Waals surface area contributed by atoms with Crippen LogP contribution in [0.25, 0.3) is 11.0 Å². The summed E-state index contributed by atoms with van der Waals surface area (Å²) < 4.78 is 0. The van der Waals surface area contributed by atoms with Crippen LogP contribution in [0.15, 0.2) is 55.0 Å². The fourth-order valence-corrected chi connectivity index (χ4v) is 2.32. The molecule has 1 N–H and O–H groups in total. The molecule has 0 aliphatic carbocycles. The Bertz CT molecular complexity index is 712. The van der Waals surface area contributed by atoms with Crippen molar-refractivity contribution in [1.82, 2.24) is 15.0 Å². The third-order valence-corrected chi connectivity index (χ3v) is 3.27. The quantitative estimate of drug-likeness (QED) is 0.774. The normalized spacial score (nSPS) is 10.7. The van der Waals surface area contributed by atoms with E-state index in [1.165, 1.54) is 11.9 Å². The van der Waals surface area contributed by atoms with Crippen molar-refractivity contribution in [1.29, 1.82) is 0 Å². The highest BCUT2D eigenvalue weighted by molar-refractivity contribution is 5.86. The molecule has 3 aromatic rings. The van der Waals surface area contributed by atoms with Crippen LogP contribution in [-0.4, -0.2) is 33.2 Å². The van der Waals surface area contributed by atoms with Crippen molar-refractivity contribution in [2.45, 2.75) is 6.54 Å². The zero-order chi connectivity index (χ0) is 14.5. The lowest BCUT2D eigenvalue weighted by Crippen LogP contribution is -2.27. The number of aliphatic hydroxyl groups is 1. The molecule has 0 spiro atoms. The van der Waals surface area contributed by atoms with Gasteiger partial charge in [0.25, 0.3) is 0 Å². The Hall–Kier alpha value is -2.53. The molecule has 0 saturated heterocycles. The van der Waals surface area contributed by atoms with Crippen molar-refractivity contribution in [2.75, 3.05) is 18.1 Å². The van der Waals surface area contributed by atoms with Crippen LogP contribution in [-0.2, 0) is 6.54 Å². The minimum Gasteiger partial charge on any atom is -0.395 e. The highest BCUT2D eigenvalue weighted by Gasteiger charge is 2.12. The van der Waals surface area contributed by atoms with Crippen LogP contribution in [0.3, 0.4) is 0 Å². The molecule has 0 bridgehead atoms. The fourth-order valence-electron chi connectivity index (χ4n) is 2.32. The molecular weight excluding hydrogens is 264 g/mol. The van der Waals surface area contributed by atoms with E-state index in [0.717, 1.165) is 11.2 Å². The zero-order valence-corrected chi connectivity index (χ0v) is 11.6. The van der Waals surface area contributed by atoms with Crippen molar-refractivity contribution in [2.24, 2.45) is 0 Å². The second-order valence-electron chi connectivity index (χ2n) is 4.70. The number of aliphatic hydroxyl groups excluding tert-OH is 1. The van der Waals surface area contributed by atoms with Gasteiger partial charge in [0.1, 0.15) is 12.1 Å².